The number of anilines is 2. The minimum absolute atomic E-state index is 0.221. The van der Waals surface area contributed by atoms with Crippen LogP contribution < -0.4 is 10.6 Å². The Bertz CT molecular complexity index is 2060. The minimum Gasteiger partial charge on any atom is -0.343 e. The molecule has 0 saturated heterocycles. The highest BCUT2D eigenvalue weighted by atomic mass is 32.2. The van der Waals surface area contributed by atoms with Gasteiger partial charge >= 0.3 is 0 Å². The number of carbonyl (C=O) groups excluding carboxylic acids is 1. The average Bonchev–Trinajstić information content (AvgIpc) is 3.62. The van der Waals surface area contributed by atoms with Gasteiger partial charge in [0.25, 0.3) is 5.91 Å². The summed E-state index contributed by atoms with van der Waals surface area (Å²) < 4.78 is 18.4. The largest absolute Gasteiger partial charge is 0.343 e. The summed E-state index contributed by atoms with van der Waals surface area (Å²) >= 11 is 1.36. The zero-order valence-electron chi connectivity index (χ0n) is 24.9. The van der Waals surface area contributed by atoms with Gasteiger partial charge in [0.05, 0.1) is 5.57 Å². The Kier molecular flexibility index (Phi) is 7.69. The Balaban J connectivity index is 1.33. The zero-order chi connectivity index (χ0) is 30.9. The molecule has 1 unspecified atom stereocenters. The molecule has 0 saturated carbocycles. The van der Waals surface area contributed by atoms with Gasteiger partial charge in [0, 0.05) is 46.3 Å². The molecule has 4 aromatic carbocycles. The molecule has 1 aliphatic rings. The second kappa shape index (κ2) is 12.1. The van der Waals surface area contributed by atoms with E-state index in [4.69, 9.17) is 10.1 Å². The summed E-state index contributed by atoms with van der Waals surface area (Å²) in [7, 11) is 0. The first-order chi connectivity index (χ1) is 22.0. The molecule has 3 heterocycles. The molecule has 0 aliphatic carbocycles. The van der Waals surface area contributed by atoms with Gasteiger partial charge in [-0.15, -0.1) is 5.10 Å². The van der Waals surface area contributed by atoms with Crippen LogP contribution in [-0.2, 0) is 17.1 Å². The molecule has 45 heavy (non-hydrogen) atoms. The third-order valence-corrected chi connectivity index (χ3v) is 8.98. The molecule has 2 N–H and O–H groups in total. The molecule has 0 bridgehead atoms. The molecule has 0 fully saturated rings. The summed E-state index contributed by atoms with van der Waals surface area (Å²) in [5.41, 5.74) is 6.70. The number of benzene rings is 4. The first-order valence-corrected chi connectivity index (χ1v) is 15.7. The van der Waals surface area contributed by atoms with Crippen molar-refractivity contribution < 1.29 is 9.18 Å². The number of aromatic nitrogens is 4. The third kappa shape index (κ3) is 5.62. The molecule has 7 nitrogen and oxygen atoms in total. The van der Waals surface area contributed by atoms with Crippen molar-refractivity contribution in [2.24, 2.45) is 0 Å². The van der Waals surface area contributed by atoms with E-state index in [-0.39, 0.29) is 11.7 Å². The fourth-order valence-electron chi connectivity index (χ4n) is 5.84. The number of thioether (sulfide) groups is 1. The maximum atomic E-state index is 14.4. The number of amides is 1. The summed E-state index contributed by atoms with van der Waals surface area (Å²) in [5.74, 6) is 0.426. The first-order valence-electron chi connectivity index (χ1n) is 14.8. The number of nitrogens with zero attached hydrogens (tertiary/aromatic N) is 4. The maximum Gasteiger partial charge on any atom is 0.255 e. The van der Waals surface area contributed by atoms with Crippen molar-refractivity contribution in [2.45, 2.75) is 37.3 Å². The van der Waals surface area contributed by atoms with Crippen molar-refractivity contribution in [1.82, 2.24) is 19.3 Å². The normalized spacial score (nSPS) is 14.3. The van der Waals surface area contributed by atoms with Crippen molar-refractivity contribution in [3.63, 3.8) is 0 Å². The van der Waals surface area contributed by atoms with Crippen molar-refractivity contribution in [3.8, 4) is 0 Å². The van der Waals surface area contributed by atoms with Gasteiger partial charge in [0.15, 0.2) is 0 Å². The number of carbonyl (C=O) groups is 1. The van der Waals surface area contributed by atoms with Gasteiger partial charge in [-0.25, -0.2) is 9.07 Å². The van der Waals surface area contributed by atoms with E-state index in [0.29, 0.717) is 40.2 Å². The highest BCUT2D eigenvalue weighted by Crippen LogP contribution is 2.40. The number of fused-ring (bicyclic) bond motifs is 2. The lowest BCUT2D eigenvalue weighted by atomic mass is 9.94. The van der Waals surface area contributed by atoms with E-state index < -0.39 is 6.04 Å². The zero-order valence-corrected chi connectivity index (χ0v) is 25.7. The standard InChI is InChI=1S/C36H31FN6OS/c1-23-12-6-10-18-30(23)39-34(44)32-24(2)38-35-40-36(45-22-26-15-7-9-17-29(26)37)41-43(35)33(32)28-21-42(20-25-13-4-3-5-14-25)31-19-11-8-16-27(28)31/h3-19,21,33H,20,22H2,1-2H3,(H,39,44)(H,38,40,41). The number of hydrogen-bond donors (Lipinski definition) is 2. The van der Waals surface area contributed by atoms with Gasteiger partial charge < -0.3 is 15.2 Å². The predicted octanol–water partition coefficient (Wildman–Crippen LogP) is 7.95. The van der Waals surface area contributed by atoms with Gasteiger partial charge in [-0.3, -0.25) is 4.79 Å². The molecule has 7 rings (SSSR count). The van der Waals surface area contributed by atoms with E-state index >= 15 is 0 Å². The van der Waals surface area contributed by atoms with E-state index in [1.54, 1.807) is 16.8 Å². The molecule has 1 atom stereocenters. The molecule has 9 heteroatoms. The number of nitrogens with one attached hydrogen (secondary N) is 2. The fraction of sp³-hybridized carbons (Fsp3) is 0.139. The Labute approximate surface area is 264 Å². The Morgan fingerprint density at radius 2 is 1.67 bits per heavy atom. The Morgan fingerprint density at radius 1 is 0.933 bits per heavy atom. The summed E-state index contributed by atoms with van der Waals surface area (Å²) in [6.07, 6.45) is 2.12. The lowest BCUT2D eigenvalue weighted by Crippen LogP contribution is -2.31. The van der Waals surface area contributed by atoms with E-state index in [2.05, 4.69) is 45.7 Å². The van der Waals surface area contributed by atoms with Gasteiger partial charge in [0.1, 0.15) is 11.9 Å². The maximum absolute atomic E-state index is 14.4. The minimum atomic E-state index is -0.567. The number of rotatable bonds is 8. The molecule has 1 amide bonds. The number of allylic oxidation sites excluding steroid dienone is 1. The quantitative estimate of drug-likeness (QED) is 0.170. The van der Waals surface area contributed by atoms with Crippen LogP contribution in [0.15, 0.2) is 126 Å². The molecule has 6 aromatic rings. The highest BCUT2D eigenvalue weighted by molar-refractivity contribution is 7.98. The van der Waals surface area contributed by atoms with E-state index in [0.717, 1.165) is 27.7 Å². The number of aryl methyl sites for hydroxylation is 1. The molecular formula is C36H31FN6OS. The summed E-state index contributed by atoms with van der Waals surface area (Å²) in [6.45, 7) is 4.54. The van der Waals surface area contributed by atoms with Crippen LogP contribution in [0, 0.1) is 12.7 Å². The molecule has 1 aliphatic heterocycles. The number of para-hydroxylation sites is 2. The Hall–Kier alpha value is -5.15. The fourth-order valence-corrected chi connectivity index (χ4v) is 6.65. The molecule has 0 spiro atoms. The molecule has 224 valence electrons. The molecule has 0 radical (unpaired) electrons. The predicted molar refractivity (Wildman–Crippen MR) is 178 cm³/mol. The van der Waals surface area contributed by atoms with Crippen LogP contribution in [0.1, 0.15) is 35.2 Å². The number of halogens is 1. The van der Waals surface area contributed by atoms with Gasteiger partial charge in [-0.05, 0) is 48.7 Å². The SMILES string of the molecule is CC1=C(C(=O)Nc2ccccc2C)C(c2cn(Cc3ccccc3)c3ccccc23)n2nc(SCc3ccccc3F)nc2N1. The smallest absolute Gasteiger partial charge is 0.255 e. The lowest BCUT2D eigenvalue weighted by Gasteiger charge is -2.28. The van der Waals surface area contributed by atoms with Crippen LogP contribution in [0.25, 0.3) is 10.9 Å². The monoisotopic (exact) mass is 614 g/mol. The lowest BCUT2D eigenvalue weighted by molar-refractivity contribution is -0.113. The van der Waals surface area contributed by atoms with Crippen molar-refractivity contribution in [1.29, 1.82) is 0 Å². The van der Waals surface area contributed by atoms with E-state index in [1.165, 1.54) is 23.4 Å². The van der Waals surface area contributed by atoms with Crippen LogP contribution in [0.5, 0.6) is 0 Å². The van der Waals surface area contributed by atoms with Crippen LogP contribution in [0.4, 0.5) is 16.0 Å². The van der Waals surface area contributed by atoms with E-state index in [1.807, 2.05) is 74.5 Å². The van der Waals surface area contributed by atoms with Crippen molar-refractivity contribution in [3.05, 3.63) is 149 Å². The average molecular weight is 615 g/mol. The van der Waals surface area contributed by atoms with Gasteiger partial charge in [0.2, 0.25) is 11.1 Å². The third-order valence-electron chi connectivity index (χ3n) is 8.10. The van der Waals surface area contributed by atoms with Crippen molar-refractivity contribution >= 4 is 40.2 Å². The molecule has 2 aromatic heterocycles. The highest BCUT2D eigenvalue weighted by Gasteiger charge is 2.36. The second-order valence-electron chi connectivity index (χ2n) is 11.1. The Morgan fingerprint density at radius 3 is 2.49 bits per heavy atom. The van der Waals surface area contributed by atoms with Crippen LogP contribution in [0.3, 0.4) is 0 Å². The van der Waals surface area contributed by atoms with Crippen LogP contribution >= 0.6 is 11.8 Å². The van der Waals surface area contributed by atoms with E-state index in [9.17, 15) is 9.18 Å². The summed E-state index contributed by atoms with van der Waals surface area (Å²) in [6, 6.07) is 32.4. The summed E-state index contributed by atoms with van der Waals surface area (Å²) in [4.78, 5) is 19.0. The van der Waals surface area contributed by atoms with Crippen LogP contribution in [0.2, 0.25) is 0 Å². The second-order valence-corrected chi connectivity index (χ2v) is 12.0. The first kappa shape index (κ1) is 28.6. The van der Waals surface area contributed by atoms with Gasteiger partial charge in [-0.1, -0.05) is 96.7 Å². The topological polar surface area (TPSA) is 76.8 Å². The van der Waals surface area contributed by atoms with Gasteiger partial charge in [-0.2, -0.15) is 4.98 Å². The number of hydrogen-bond acceptors (Lipinski definition) is 5. The van der Waals surface area contributed by atoms with Crippen molar-refractivity contribution in [2.75, 3.05) is 10.6 Å². The summed E-state index contributed by atoms with van der Waals surface area (Å²) in [5, 5.41) is 12.9. The van der Waals surface area contributed by atoms with Crippen LogP contribution in [-0.4, -0.2) is 25.2 Å². The molecular weight excluding hydrogens is 584 g/mol.